The first-order valence-corrected chi connectivity index (χ1v) is 5.79. The molecule has 0 saturated heterocycles. The average Bonchev–Trinajstić information content (AvgIpc) is 2.85. The van der Waals surface area contributed by atoms with Gasteiger partial charge in [0.15, 0.2) is 0 Å². The molecule has 2 rings (SSSR count). The van der Waals surface area contributed by atoms with Gasteiger partial charge in [0, 0.05) is 12.7 Å². The molecule has 2 aromatic rings. The van der Waals surface area contributed by atoms with Crippen molar-refractivity contribution in [3.05, 3.63) is 47.8 Å². The summed E-state index contributed by atoms with van der Waals surface area (Å²) < 4.78 is 15.0. The zero-order valence-electron chi connectivity index (χ0n) is 10.7. The number of carbonyl (C=O) groups excluding carboxylic acids is 1. The minimum absolute atomic E-state index is 0.113. The molecule has 2 N–H and O–H groups in total. The Morgan fingerprint density at radius 1 is 1.55 bits per heavy atom. The van der Waals surface area contributed by atoms with Crippen molar-refractivity contribution in [3.63, 3.8) is 0 Å². The summed E-state index contributed by atoms with van der Waals surface area (Å²) in [6, 6.07) is 4.06. The number of benzene rings is 1. The van der Waals surface area contributed by atoms with Crippen molar-refractivity contribution in [1.29, 1.82) is 0 Å². The molecule has 0 radical (unpaired) electrons. The summed E-state index contributed by atoms with van der Waals surface area (Å²) >= 11 is 0. The van der Waals surface area contributed by atoms with Crippen LogP contribution in [0, 0.1) is 17.7 Å². The van der Waals surface area contributed by atoms with Crippen molar-refractivity contribution in [2.45, 2.75) is 0 Å². The van der Waals surface area contributed by atoms with Gasteiger partial charge in [-0.15, -0.1) is 0 Å². The van der Waals surface area contributed by atoms with Gasteiger partial charge in [-0.2, -0.15) is 0 Å². The normalized spacial score (nSPS) is 9.75. The van der Waals surface area contributed by atoms with Crippen LogP contribution >= 0.6 is 0 Å². The maximum absolute atomic E-state index is 13.5. The molecule has 0 atom stereocenters. The topological polar surface area (TPSA) is 67.2 Å². The number of nitrogens with one attached hydrogen (secondary N) is 1. The third kappa shape index (κ3) is 3.02. The summed E-state index contributed by atoms with van der Waals surface area (Å²) in [5, 5.41) is 11.2. The number of aromatic nitrogens is 2. The lowest BCUT2D eigenvalue weighted by Gasteiger charge is -2.06. The molecular weight excluding hydrogens is 261 g/mol. The van der Waals surface area contributed by atoms with Gasteiger partial charge in [0.05, 0.1) is 18.1 Å². The van der Waals surface area contributed by atoms with Crippen molar-refractivity contribution < 1.29 is 14.3 Å². The van der Waals surface area contributed by atoms with Crippen LogP contribution in [-0.2, 0) is 7.05 Å². The minimum atomic E-state index is -0.510. The maximum atomic E-state index is 13.5. The molecule has 0 aliphatic heterocycles. The van der Waals surface area contributed by atoms with E-state index in [9.17, 15) is 9.18 Å². The molecule has 6 heteroatoms. The van der Waals surface area contributed by atoms with E-state index in [-0.39, 0.29) is 18.1 Å². The third-order valence-corrected chi connectivity index (χ3v) is 2.58. The molecule has 1 aromatic heterocycles. The number of anilines is 1. The van der Waals surface area contributed by atoms with Crippen LogP contribution in [0.25, 0.3) is 0 Å². The SMILES string of the molecule is Cn1cncc1C(=O)Nc1ccc(F)c(C#CCO)c1. The van der Waals surface area contributed by atoms with Crippen molar-refractivity contribution >= 4 is 11.6 Å². The van der Waals surface area contributed by atoms with Crippen LogP contribution < -0.4 is 5.32 Å². The zero-order chi connectivity index (χ0) is 14.5. The van der Waals surface area contributed by atoms with Crippen LogP contribution in [0.3, 0.4) is 0 Å². The number of imidazole rings is 1. The first kappa shape index (κ1) is 13.8. The predicted octanol–water partition coefficient (Wildman–Crippen LogP) is 1.16. The largest absolute Gasteiger partial charge is 0.384 e. The lowest BCUT2D eigenvalue weighted by Crippen LogP contribution is -2.15. The van der Waals surface area contributed by atoms with Crippen LogP contribution in [0.2, 0.25) is 0 Å². The second-order valence-electron chi connectivity index (χ2n) is 4.00. The molecule has 0 saturated carbocycles. The van der Waals surface area contributed by atoms with Crippen LogP contribution in [0.5, 0.6) is 0 Å². The molecule has 0 bridgehead atoms. The van der Waals surface area contributed by atoms with E-state index >= 15 is 0 Å². The molecule has 0 spiro atoms. The number of aryl methyl sites for hydroxylation is 1. The first-order valence-electron chi connectivity index (χ1n) is 5.79. The summed E-state index contributed by atoms with van der Waals surface area (Å²) in [6.45, 7) is -0.356. The minimum Gasteiger partial charge on any atom is -0.384 e. The highest BCUT2D eigenvalue weighted by Crippen LogP contribution is 2.15. The third-order valence-electron chi connectivity index (χ3n) is 2.58. The first-order chi connectivity index (χ1) is 9.61. The fourth-order valence-corrected chi connectivity index (χ4v) is 1.60. The standard InChI is InChI=1S/C14H12FN3O2/c1-18-9-16-8-13(18)14(20)17-11-4-5-12(15)10(7-11)3-2-6-19/h4-5,7-9,19H,6H2,1H3,(H,17,20). The van der Waals surface area contributed by atoms with Crippen LogP contribution in [-0.4, -0.2) is 27.2 Å². The summed E-state index contributed by atoms with van der Waals surface area (Å²) in [5.41, 5.74) is 0.916. The summed E-state index contributed by atoms with van der Waals surface area (Å²) in [6.07, 6.45) is 2.95. The van der Waals surface area contributed by atoms with Gasteiger partial charge in [-0.25, -0.2) is 9.37 Å². The Morgan fingerprint density at radius 3 is 3.00 bits per heavy atom. The zero-order valence-corrected chi connectivity index (χ0v) is 10.7. The molecule has 1 heterocycles. The molecular formula is C14H12FN3O2. The van der Waals surface area contributed by atoms with Gasteiger partial charge in [-0.3, -0.25) is 4.79 Å². The molecule has 0 fully saturated rings. The summed E-state index contributed by atoms with van der Waals surface area (Å²) in [7, 11) is 1.70. The molecule has 5 nitrogen and oxygen atoms in total. The van der Waals surface area contributed by atoms with Gasteiger partial charge in [-0.05, 0) is 18.2 Å². The fraction of sp³-hybridized carbons (Fsp3) is 0.143. The van der Waals surface area contributed by atoms with Gasteiger partial charge in [0.1, 0.15) is 18.1 Å². The number of carbonyl (C=O) groups is 1. The maximum Gasteiger partial charge on any atom is 0.273 e. The highest BCUT2D eigenvalue weighted by Gasteiger charge is 2.10. The van der Waals surface area contributed by atoms with Crippen molar-refractivity contribution in [3.8, 4) is 11.8 Å². The number of amides is 1. The smallest absolute Gasteiger partial charge is 0.273 e. The Labute approximate surface area is 115 Å². The van der Waals surface area contributed by atoms with E-state index in [0.717, 1.165) is 0 Å². The van der Waals surface area contributed by atoms with Crippen LogP contribution in [0.1, 0.15) is 16.1 Å². The molecule has 20 heavy (non-hydrogen) atoms. The molecule has 0 aliphatic carbocycles. The Hall–Kier alpha value is -2.65. The van der Waals surface area contributed by atoms with Crippen molar-refractivity contribution in [2.24, 2.45) is 7.05 Å². The van der Waals surface area contributed by atoms with Crippen molar-refractivity contribution in [1.82, 2.24) is 9.55 Å². The molecule has 0 aliphatic rings. The molecule has 102 valence electrons. The van der Waals surface area contributed by atoms with Gasteiger partial charge < -0.3 is 15.0 Å². The molecule has 1 amide bonds. The van der Waals surface area contributed by atoms with Gasteiger partial charge in [-0.1, -0.05) is 11.8 Å². The van der Waals surface area contributed by atoms with Crippen molar-refractivity contribution in [2.75, 3.05) is 11.9 Å². The number of aliphatic hydroxyl groups is 1. The second kappa shape index (κ2) is 5.99. The van der Waals surface area contributed by atoms with E-state index in [4.69, 9.17) is 5.11 Å². The lowest BCUT2D eigenvalue weighted by molar-refractivity contribution is 0.101. The quantitative estimate of drug-likeness (QED) is 0.807. The molecule has 0 unspecified atom stereocenters. The number of aliphatic hydroxyl groups excluding tert-OH is 1. The highest BCUT2D eigenvalue weighted by atomic mass is 19.1. The Balaban J connectivity index is 2.22. The van der Waals surface area contributed by atoms with Gasteiger partial charge in [0.25, 0.3) is 5.91 Å². The number of nitrogens with zero attached hydrogens (tertiary/aromatic N) is 2. The van der Waals surface area contributed by atoms with E-state index in [1.165, 1.54) is 30.7 Å². The number of hydrogen-bond acceptors (Lipinski definition) is 3. The molecule has 1 aromatic carbocycles. The predicted molar refractivity (Wildman–Crippen MR) is 71.5 cm³/mol. The lowest BCUT2D eigenvalue weighted by atomic mass is 10.2. The van der Waals surface area contributed by atoms with E-state index in [0.29, 0.717) is 11.4 Å². The Morgan fingerprint density at radius 2 is 2.35 bits per heavy atom. The Bertz CT molecular complexity index is 698. The summed E-state index contributed by atoms with van der Waals surface area (Å²) in [5.74, 6) is 3.98. The number of hydrogen-bond donors (Lipinski definition) is 2. The van der Waals surface area contributed by atoms with Gasteiger partial charge >= 0.3 is 0 Å². The van der Waals surface area contributed by atoms with Crippen LogP contribution in [0.4, 0.5) is 10.1 Å². The second-order valence-corrected chi connectivity index (χ2v) is 4.00. The number of halogens is 1. The van der Waals surface area contributed by atoms with E-state index in [2.05, 4.69) is 22.1 Å². The van der Waals surface area contributed by atoms with Crippen LogP contribution in [0.15, 0.2) is 30.7 Å². The van der Waals surface area contributed by atoms with E-state index in [1.54, 1.807) is 11.6 Å². The van der Waals surface area contributed by atoms with E-state index in [1.807, 2.05) is 0 Å². The highest BCUT2D eigenvalue weighted by molar-refractivity contribution is 6.03. The Kier molecular flexibility index (Phi) is 4.13. The monoisotopic (exact) mass is 273 g/mol. The average molecular weight is 273 g/mol. The number of rotatable bonds is 2. The summed E-state index contributed by atoms with van der Waals surface area (Å²) in [4.78, 5) is 15.8. The fourth-order valence-electron chi connectivity index (χ4n) is 1.60. The van der Waals surface area contributed by atoms with E-state index < -0.39 is 5.82 Å². The van der Waals surface area contributed by atoms with Gasteiger partial charge in [0.2, 0.25) is 0 Å².